The number of hydrogen-bond donors (Lipinski definition) is 1. The van der Waals surface area contributed by atoms with E-state index in [0.717, 1.165) is 5.56 Å². The first-order valence-electron chi connectivity index (χ1n) is 4.56. The molecule has 0 bridgehead atoms. The Bertz CT molecular complexity index is 451. The summed E-state index contributed by atoms with van der Waals surface area (Å²) in [5.74, 6) is -0.987. The van der Waals surface area contributed by atoms with Crippen molar-refractivity contribution in [2.75, 3.05) is 0 Å². The number of nitrogens with zero attached hydrogens (tertiary/aromatic N) is 2. The predicted octanol–water partition coefficient (Wildman–Crippen LogP) is 2.34. The van der Waals surface area contributed by atoms with Crippen molar-refractivity contribution in [2.45, 2.75) is 12.5 Å². The van der Waals surface area contributed by atoms with Crippen LogP contribution in [0.3, 0.4) is 0 Å². The van der Waals surface area contributed by atoms with Gasteiger partial charge in [0.2, 0.25) is 5.54 Å². The molecule has 0 fully saturated rings. The Morgan fingerprint density at radius 1 is 1.33 bits per heavy atom. The fraction of sp³-hybridized carbons (Fsp3) is 0.182. The molecule has 0 aliphatic carbocycles. The smallest absolute Gasteiger partial charge is 0.338 e. The van der Waals surface area contributed by atoms with Crippen molar-refractivity contribution in [3.8, 4) is 0 Å². The highest BCUT2D eigenvalue weighted by Gasteiger charge is 2.40. The molecule has 15 heavy (non-hydrogen) atoms. The Morgan fingerprint density at radius 2 is 2.00 bits per heavy atom. The van der Waals surface area contributed by atoms with Gasteiger partial charge in [0, 0.05) is 5.57 Å². The van der Waals surface area contributed by atoms with Crippen molar-refractivity contribution in [3.05, 3.63) is 42.1 Å². The van der Waals surface area contributed by atoms with Crippen molar-refractivity contribution >= 4 is 11.5 Å². The number of benzene rings is 1. The molecule has 0 saturated heterocycles. The molecule has 0 amide bonds. The van der Waals surface area contributed by atoms with Crippen LogP contribution < -0.4 is 0 Å². The molecule has 1 aromatic rings. The van der Waals surface area contributed by atoms with Crippen LogP contribution in [0.25, 0.3) is 5.57 Å². The molecule has 1 atom stereocenters. The van der Waals surface area contributed by atoms with Gasteiger partial charge >= 0.3 is 5.97 Å². The minimum absolute atomic E-state index is 0.621. The third-order valence-electron chi connectivity index (χ3n) is 2.47. The molecule has 1 aliphatic heterocycles. The second-order valence-electron chi connectivity index (χ2n) is 3.50. The van der Waals surface area contributed by atoms with Gasteiger partial charge in [0.15, 0.2) is 0 Å². The number of carbonyl (C=O) groups is 1. The third-order valence-corrected chi connectivity index (χ3v) is 2.47. The quantitative estimate of drug-likeness (QED) is 0.799. The Labute approximate surface area is 87.0 Å². The number of rotatable bonds is 2. The predicted molar refractivity (Wildman–Crippen MR) is 55.3 cm³/mol. The van der Waals surface area contributed by atoms with Gasteiger partial charge in [-0.3, -0.25) is 0 Å². The zero-order valence-electron chi connectivity index (χ0n) is 8.21. The Hall–Kier alpha value is -1.97. The summed E-state index contributed by atoms with van der Waals surface area (Å²) >= 11 is 0. The van der Waals surface area contributed by atoms with Gasteiger partial charge in [0.05, 0.1) is 6.20 Å². The average molecular weight is 202 g/mol. The summed E-state index contributed by atoms with van der Waals surface area (Å²) < 4.78 is 0. The molecule has 76 valence electrons. The minimum Gasteiger partial charge on any atom is -0.479 e. The normalized spacial score (nSPS) is 23.9. The van der Waals surface area contributed by atoms with Crippen LogP contribution in [0.2, 0.25) is 0 Å². The summed E-state index contributed by atoms with van der Waals surface area (Å²) in [7, 11) is 0. The van der Waals surface area contributed by atoms with Gasteiger partial charge in [-0.25, -0.2) is 4.79 Å². The van der Waals surface area contributed by atoms with Gasteiger partial charge < -0.3 is 5.11 Å². The molecule has 2 rings (SSSR count). The molecule has 0 saturated carbocycles. The Morgan fingerprint density at radius 3 is 2.60 bits per heavy atom. The summed E-state index contributed by atoms with van der Waals surface area (Å²) in [6.07, 6.45) is 1.50. The molecule has 0 radical (unpaired) electrons. The summed E-state index contributed by atoms with van der Waals surface area (Å²) in [6, 6.07) is 9.30. The van der Waals surface area contributed by atoms with Crippen LogP contribution in [-0.2, 0) is 4.79 Å². The average Bonchev–Trinajstić information content (AvgIpc) is 2.63. The van der Waals surface area contributed by atoms with E-state index in [9.17, 15) is 4.79 Å². The molecule has 4 heteroatoms. The van der Waals surface area contributed by atoms with E-state index in [-0.39, 0.29) is 0 Å². The monoisotopic (exact) mass is 202 g/mol. The molecule has 4 nitrogen and oxygen atoms in total. The highest BCUT2D eigenvalue weighted by molar-refractivity contribution is 5.97. The lowest BCUT2D eigenvalue weighted by Gasteiger charge is -2.17. The number of hydrogen-bond acceptors (Lipinski definition) is 3. The molecular formula is C11H10N2O2. The maximum Gasteiger partial charge on any atom is 0.338 e. The number of carboxylic acids is 1. The highest BCUT2D eigenvalue weighted by Crippen LogP contribution is 2.35. The number of azo groups is 1. The molecule has 0 aromatic heterocycles. The van der Waals surface area contributed by atoms with E-state index in [1.807, 2.05) is 30.3 Å². The lowest BCUT2D eigenvalue weighted by Crippen LogP contribution is -2.32. The van der Waals surface area contributed by atoms with E-state index in [2.05, 4.69) is 10.2 Å². The third kappa shape index (κ3) is 1.44. The molecule has 1 N–H and O–H groups in total. The molecule has 1 heterocycles. The van der Waals surface area contributed by atoms with E-state index >= 15 is 0 Å². The molecular weight excluding hydrogens is 192 g/mol. The molecule has 1 unspecified atom stereocenters. The maximum atomic E-state index is 11.1. The van der Waals surface area contributed by atoms with Crippen molar-refractivity contribution in [1.29, 1.82) is 0 Å². The lowest BCUT2D eigenvalue weighted by atomic mass is 9.89. The zero-order chi connectivity index (χ0) is 10.9. The van der Waals surface area contributed by atoms with Crippen molar-refractivity contribution in [3.63, 3.8) is 0 Å². The Balaban J connectivity index is 2.45. The van der Waals surface area contributed by atoms with E-state index in [1.54, 1.807) is 6.92 Å². The lowest BCUT2D eigenvalue weighted by molar-refractivity contribution is -0.140. The van der Waals surface area contributed by atoms with Crippen LogP contribution in [0.15, 0.2) is 46.8 Å². The van der Waals surface area contributed by atoms with Crippen molar-refractivity contribution in [1.82, 2.24) is 0 Å². The topological polar surface area (TPSA) is 62.0 Å². The number of carboxylic acid groups (broad SMARTS) is 1. The van der Waals surface area contributed by atoms with Gasteiger partial charge in [-0.15, -0.1) is 0 Å². The van der Waals surface area contributed by atoms with Crippen LogP contribution >= 0.6 is 0 Å². The summed E-state index contributed by atoms with van der Waals surface area (Å²) in [6.45, 7) is 1.55. The van der Waals surface area contributed by atoms with E-state index in [4.69, 9.17) is 5.11 Å². The summed E-state index contributed by atoms with van der Waals surface area (Å²) in [5.41, 5.74) is 0.212. The van der Waals surface area contributed by atoms with E-state index in [0.29, 0.717) is 5.57 Å². The molecule has 0 spiro atoms. The second kappa shape index (κ2) is 3.31. The standard InChI is InChI=1S/C11H10N2O2/c1-11(10(14)15)9(7-12-13-11)8-5-3-2-4-6-8/h2-7H,1H3,(H,14,15). The largest absolute Gasteiger partial charge is 0.479 e. The van der Waals surface area contributed by atoms with Crippen molar-refractivity contribution in [2.24, 2.45) is 10.2 Å². The van der Waals surface area contributed by atoms with Gasteiger partial charge in [-0.2, -0.15) is 10.2 Å². The first kappa shape index (κ1) is 9.58. The van der Waals surface area contributed by atoms with Crippen LogP contribution in [0.1, 0.15) is 12.5 Å². The van der Waals surface area contributed by atoms with Crippen molar-refractivity contribution < 1.29 is 9.90 Å². The fourth-order valence-electron chi connectivity index (χ4n) is 1.51. The summed E-state index contributed by atoms with van der Waals surface area (Å²) in [5, 5.41) is 16.6. The molecule has 1 aliphatic rings. The first-order valence-corrected chi connectivity index (χ1v) is 4.56. The second-order valence-corrected chi connectivity index (χ2v) is 3.50. The zero-order valence-corrected chi connectivity index (χ0v) is 8.21. The summed E-state index contributed by atoms with van der Waals surface area (Å²) in [4.78, 5) is 11.1. The van der Waals surface area contributed by atoms with Gasteiger partial charge in [-0.05, 0) is 12.5 Å². The van der Waals surface area contributed by atoms with Gasteiger partial charge in [-0.1, -0.05) is 30.3 Å². The van der Waals surface area contributed by atoms with Gasteiger partial charge in [0.25, 0.3) is 0 Å². The Kier molecular flexibility index (Phi) is 2.11. The fourth-order valence-corrected chi connectivity index (χ4v) is 1.51. The van der Waals surface area contributed by atoms with Crippen LogP contribution in [-0.4, -0.2) is 16.6 Å². The van der Waals surface area contributed by atoms with Crippen LogP contribution in [0, 0.1) is 0 Å². The molecule has 1 aromatic carbocycles. The van der Waals surface area contributed by atoms with Gasteiger partial charge in [0.1, 0.15) is 0 Å². The first-order chi connectivity index (χ1) is 7.14. The highest BCUT2D eigenvalue weighted by atomic mass is 16.4. The minimum atomic E-state index is -1.25. The number of aliphatic carboxylic acids is 1. The van der Waals surface area contributed by atoms with E-state index in [1.165, 1.54) is 6.20 Å². The maximum absolute atomic E-state index is 11.1. The SMILES string of the molecule is CC1(C(=O)O)N=NC=C1c1ccccc1. The van der Waals surface area contributed by atoms with E-state index < -0.39 is 11.5 Å². The van der Waals surface area contributed by atoms with Crippen LogP contribution in [0.5, 0.6) is 0 Å². The van der Waals surface area contributed by atoms with Crippen LogP contribution in [0.4, 0.5) is 0 Å².